The monoisotopic (exact) mass is 467 g/mol. The summed E-state index contributed by atoms with van der Waals surface area (Å²) in [4.78, 5) is 12.5. The predicted molar refractivity (Wildman–Crippen MR) is 123 cm³/mol. The zero-order valence-corrected chi connectivity index (χ0v) is 19.8. The van der Waals surface area contributed by atoms with Gasteiger partial charge in [0.15, 0.2) is 0 Å². The molecule has 0 atom stereocenters. The maximum atomic E-state index is 12.4. The van der Waals surface area contributed by atoms with Crippen molar-refractivity contribution in [1.82, 2.24) is 4.72 Å². The van der Waals surface area contributed by atoms with Crippen LogP contribution in [0.25, 0.3) is 0 Å². The van der Waals surface area contributed by atoms with Gasteiger partial charge in [0.1, 0.15) is 0 Å². The number of rotatable bonds is 10. The first-order chi connectivity index (χ1) is 14.4. The third-order valence-corrected chi connectivity index (χ3v) is 7.71. The van der Waals surface area contributed by atoms with Crippen LogP contribution >= 0.6 is 0 Å². The number of nitrogens with one attached hydrogen (secondary N) is 3. The second-order valence-corrected chi connectivity index (χ2v) is 10.9. The lowest BCUT2D eigenvalue weighted by Crippen LogP contribution is -2.28. The van der Waals surface area contributed by atoms with Crippen LogP contribution in [-0.2, 0) is 24.8 Å². The van der Waals surface area contributed by atoms with Crippen molar-refractivity contribution in [3.8, 4) is 0 Å². The molecule has 0 aliphatic rings. The molecular formula is C21H29N3O5S2. The summed E-state index contributed by atoms with van der Waals surface area (Å²) in [7, 11) is -7.17. The number of carbonyl (C=O) groups excluding carboxylic acids is 1. The summed E-state index contributed by atoms with van der Waals surface area (Å²) in [5.74, 6) is -0.386. The lowest BCUT2D eigenvalue weighted by atomic mass is 10.1. The van der Waals surface area contributed by atoms with E-state index in [2.05, 4.69) is 14.8 Å². The smallest absolute Gasteiger partial charge is 0.240 e. The number of hydrogen-bond donors (Lipinski definition) is 3. The van der Waals surface area contributed by atoms with Crippen LogP contribution in [0.2, 0.25) is 0 Å². The van der Waals surface area contributed by atoms with Gasteiger partial charge in [-0.2, -0.15) is 0 Å². The fourth-order valence-corrected chi connectivity index (χ4v) is 5.16. The van der Waals surface area contributed by atoms with Gasteiger partial charge in [0.05, 0.1) is 16.3 Å². The Hall–Kier alpha value is -2.43. The van der Waals surface area contributed by atoms with E-state index in [1.54, 1.807) is 44.2 Å². The molecule has 10 heteroatoms. The van der Waals surface area contributed by atoms with Crippen LogP contribution in [0.3, 0.4) is 0 Å². The first-order valence-corrected chi connectivity index (χ1v) is 13.1. The molecule has 0 heterocycles. The van der Waals surface area contributed by atoms with Crippen molar-refractivity contribution in [1.29, 1.82) is 0 Å². The van der Waals surface area contributed by atoms with Crippen molar-refractivity contribution in [2.45, 2.75) is 45.4 Å². The van der Waals surface area contributed by atoms with Crippen molar-refractivity contribution in [2.75, 3.05) is 22.3 Å². The molecule has 0 spiro atoms. The Morgan fingerprint density at radius 1 is 0.935 bits per heavy atom. The molecular weight excluding hydrogens is 438 g/mol. The van der Waals surface area contributed by atoms with Crippen LogP contribution < -0.4 is 14.8 Å². The Kier molecular flexibility index (Phi) is 8.21. The molecule has 2 rings (SSSR count). The van der Waals surface area contributed by atoms with Gasteiger partial charge in [0.25, 0.3) is 0 Å². The third kappa shape index (κ3) is 7.05. The Bertz CT molecular complexity index is 1160. The zero-order valence-electron chi connectivity index (χ0n) is 18.2. The molecule has 0 saturated heterocycles. The maximum Gasteiger partial charge on any atom is 0.240 e. The Balaban J connectivity index is 1.98. The average molecular weight is 468 g/mol. The standard InChI is InChI=1S/C21H29N3O5S2/c1-5-13-30(26,27)24-20-8-6-7-19(17(20)4)23-21(25)11-12-22-31(28,29)18-10-9-15(2)16(3)14-18/h6-10,14,22,24H,5,11-13H2,1-4H3,(H,23,25). The molecule has 0 aliphatic heterocycles. The van der Waals surface area contributed by atoms with Crippen molar-refractivity contribution in [3.63, 3.8) is 0 Å². The van der Waals surface area contributed by atoms with E-state index in [1.807, 2.05) is 13.8 Å². The van der Waals surface area contributed by atoms with Crippen LogP contribution in [0, 0.1) is 20.8 Å². The summed E-state index contributed by atoms with van der Waals surface area (Å²) < 4.78 is 53.8. The van der Waals surface area contributed by atoms with Gasteiger partial charge in [0, 0.05) is 18.7 Å². The summed E-state index contributed by atoms with van der Waals surface area (Å²) in [6.07, 6.45) is 0.415. The van der Waals surface area contributed by atoms with Gasteiger partial charge in [-0.3, -0.25) is 9.52 Å². The Labute approximate surface area is 184 Å². The number of amides is 1. The highest BCUT2D eigenvalue weighted by Gasteiger charge is 2.16. The Morgan fingerprint density at radius 2 is 1.61 bits per heavy atom. The number of aryl methyl sites for hydroxylation is 2. The molecule has 2 aromatic rings. The van der Waals surface area contributed by atoms with Crippen molar-refractivity contribution >= 4 is 37.3 Å². The summed E-state index contributed by atoms with van der Waals surface area (Å²) in [5.41, 5.74) is 3.28. The van der Waals surface area contributed by atoms with Crippen LogP contribution in [0.5, 0.6) is 0 Å². The molecule has 31 heavy (non-hydrogen) atoms. The van der Waals surface area contributed by atoms with E-state index in [9.17, 15) is 21.6 Å². The number of carbonyl (C=O) groups is 1. The highest BCUT2D eigenvalue weighted by Crippen LogP contribution is 2.24. The van der Waals surface area contributed by atoms with E-state index >= 15 is 0 Å². The van der Waals surface area contributed by atoms with Gasteiger partial charge < -0.3 is 5.32 Å². The summed E-state index contributed by atoms with van der Waals surface area (Å²) in [5, 5.41) is 2.70. The van der Waals surface area contributed by atoms with Gasteiger partial charge in [0.2, 0.25) is 26.0 Å². The van der Waals surface area contributed by atoms with E-state index < -0.39 is 20.0 Å². The summed E-state index contributed by atoms with van der Waals surface area (Å²) >= 11 is 0. The van der Waals surface area contributed by atoms with E-state index in [4.69, 9.17) is 0 Å². The average Bonchev–Trinajstić information content (AvgIpc) is 2.66. The number of hydrogen-bond acceptors (Lipinski definition) is 5. The predicted octanol–water partition coefficient (Wildman–Crippen LogP) is 3.07. The van der Waals surface area contributed by atoms with Crippen LogP contribution in [0.4, 0.5) is 11.4 Å². The van der Waals surface area contributed by atoms with E-state index in [-0.39, 0.29) is 29.5 Å². The minimum atomic E-state index is -3.72. The van der Waals surface area contributed by atoms with Crippen LogP contribution in [0.1, 0.15) is 36.5 Å². The molecule has 170 valence electrons. The molecule has 0 fully saturated rings. The number of anilines is 2. The highest BCUT2D eigenvalue weighted by molar-refractivity contribution is 7.92. The second kappa shape index (κ2) is 10.3. The van der Waals surface area contributed by atoms with Crippen molar-refractivity contribution < 1.29 is 21.6 Å². The maximum absolute atomic E-state index is 12.4. The molecule has 1 amide bonds. The molecule has 2 aromatic carbocycles. The quantitative estimate of drug-likeness (QED) is 0.496. The lowest BCUT2D eigenvalue weighted by Gasteiger charge is -2.14. The van der Waals surface area contributed by atoms with E-state index in [0.29, 0.717) is 23.4 Å². The minimum Gasteiger partial charge on any atom is -0.326 e. The fourth-order valence-electron chi connectivity index (χ4n) is 2.84. The van der Waals surface area contributed by atoms with Crippen LogP contribution in [0.15, 0.2) is 41.3 Å². The zero-order chi connectivity index (χ0) is 23.2. The van der Waals surface area contributed by atoms with Gasteiger partial charge >= 0.3 is 0 Å². The number of benzene rings is 2. The van der Waals surface area contributed by atoms with E-state index in [1.165, 1.54) is 6.07 Å². The number of sulfonamides is 2. The topological polar surface area (TPSA) is 121 Å². The van der Waals surface area contributed by atoms with Gasteiger partial charge in [-0.15, -0.1) is 0 Å². The van der Waals surface area contributed by atoms with Gasteiger partial charge in [-0.25, -0.2) is 21.6 Å². The molecule has 8 nitrogen and oxygen atoms in total. The molecule has 0 aromatic heterocycles. The minimum absolute atomic E-state index is 0.00365. The molecule has 0 radical (unpaired) electrons. The van der Waals surface area contributed by atoms with Gasteiger partial charge in [-0.05, 0) is 68.1 Å². The van der Waals surface area contributed by atoms with Crippen LogP contribution in [-0.4, -0.2) is 35.0 Å². The normalized spacial score (nSPS) is 11.9. The lowest BCUT2D eigenvalue weighted by molar-refractivity contribution is -0.116. The first kappa shape index (κ1) is 24.8. The summed E-state index contributed by atoms with van der Waals surface area (Å²) in [6, 6.07) is 9.77. The van der Waals surface area contributed by atoms with Crippen molar-refractivity contribution in [2.24, 2.45) is 0 Å². The fraction of sp³-hybridized carbons (Fsp3) is 0.381. The summed E-state index contributed by atoms with van der Waals surface area (Å²) in [6.45, 7) is 7.14. The third-order valence-electron chi connectivity index (χ3n) is 4.78. The highest BCUT2D eigenvalue weighted by atomic mass is 32.2. The molecule has 0 saturated carbocycles. The first-order valence-electron chi connectivity index (χ1n) is 9.92. The largest absolute Gasteiger partial charge is 0.326 e. The Morgan fingerprint density at radius 3 is 2.26 bits per heavy atom. The molecule has 0 aliphatic carbocycles. The van der Waals surface area contributed by atoms with Gasteiger partial charge in [-0.1, -0.05) is 19.1 Å². The van der Waals surface area contributed by atoms with E-state index in [0.717, 1.165) is 11.1 Å². The molecule has 0 unspecified atom stereocenters. The van der Waals surface area contributed by atoms with Crippen molar-refractivity contribution in [3.05, 3.63) is 53.1 Å². The second-order valence-electron chi connectivity index (χ2n) is 7.34. The molecule has 3 N–H and O–H groups in total. The molecule has 0 bridgehead atoms. The SMILES string of the molecule is CCCS(=O)(=O)Nc1cccc(NC(=O)CCNS(=O)(=O)c2ccc(C)c(C)c2)c1C.